The number of rotatable bonds is 8. The van der Waals surface area contributed by atoms with Gasteiger partial charge in [0.05, 0.1) is 10.6 Å². The minimum absolute atomic E-state index is 0.0733. The lowest BCUT2D eigenvalue weighted by Crippen LogP contribution is -2.31. The van der Waals surface area contributed by atoms with Crippen molar-refractivity contribution in [2.24, 2.45) is 5.92 Å². The van der Waals surface area contributed by atoms with Crippen molar-refractivity contribution in [2.45, 2.75) is 27.2 Å². The number of carbonyl (C=O) groups excluding carboxylic acids is 2. The van der Waals surface area contributed by atoms with Crippen LogP contribution in [0.15, 0.2) is 18.2 Å². The van der Waals surface area contributed by atoms with Crippen LogP contribution in [0.5, 0.6) is 0 Å². The highest BCUT2D eigenvalue weighted by atomic mass is 35.5. The first-order valence-electron chi connectivity index (χ1n) is 7.52. The molecule has 122 valence electrons. The zero-order valence-corrected chi connectivity index (χ0v) is 14.1. The first kappa shape index (κ1) is 18.5. The third kappa shape index (κ3) is 6.45. The molecule has 0 spiro atoms. The number of amides is 2. The van der Waals surface area contributed by atoms with E-state index in [0.717, 1.165) is 6.54 Å². The van der Waals surface area contributed by atoms with Gasteiger partial charge >= 0.3 is 0 Å². The van der Waals surface area contributed by atoms with Crippen molar-refractivity contribution < 1.29 is 9.59 Å². The Morgan fingerprint density at radius 1 is 1.23 bits per heavy atom. The Hall–Kier alpha value is -1.59. The van der Waals surface area contributed by atoms with Gasteiger partial charge < -0.3 is 16.0 Å². The second kappa shape index (κ2) is 9.43. The summed E-state index contributed by atoms with van der Waals surface area (Å²) in [6.07, 6.45) is 0.437. The van der Waals surface area contributed by atoms with E-state index in [-0.39, 0.29) is 17.7 Å². The highest BCUT2D eigenvalue weighted by Gasteiger charge is 2.12. The van der Waals surface area contributed by atoms with Crippen LogP contribution in [0.25, 0.3) is 0 Å². The second-order valence-corrected chi connectivity index (χ2v) is 5.86. The lowest BCUT2D eigenvalue weighted by atomic mass is 10.1. The van der Waals surface area contributed by atoms with Gasteiger partial charge in [-0.2, -0.15) is 0 Å². The Bertz CT molecular complexity index is 518. The van der Waals surface area contributed by atoms with Gasteiger partial charge in [-0.25, -0.2) is 0 Å². The normalized spacial score (nSPS) is 10.6. The van der Waals surface area contributed by atoms with Crippen LogP contribution in [-0.4, -0.2) is 31.4 Å². The summed E-state index contributed by atoms with van der Waals surface area (Å²) in [5.74, 6) is -0.0418. The maximum atomic E-state index is 12.1. The lowest BCUT2D eigenvalue weighted by molar-refractivity contribution is -0.116. The van der Waals surface area contributed by atoms with Crippen LogP contribution in [0.4, 0.5) is 5.69 Å². The first-order valence-corrected chi connectivity index (χ1v) is 7.90. The molecule has 0 heterocycles. The molecule has 1 aromatic rings. The zero-order chi connectivity index (χ0) is 16.5. The van der Waals surface area contributed by atoms with Gasteiger partial charge in [0.2, 0.25) is 5.91 Å². The summed E-state index contributed by atoms with van der Waals surface area (Å²) < 4.78 is 0. The van der Waals surface area contributed by atoms with Crippen molar-refractivity contribution in [3.63, 3.8) is 0 Å². The fourth-order valence-corrected chi connectivity index (χ4v) is 2.10. The van der Waals surface area contributed by atoms with E-state index in [1.54, 1.807) is 18.2 Å². The minimum Gasteiger partial charge on any atom is -0.351 e. The number of carbonyl (C=O) groups is 2. The monoisotopic (exact) mass is 325 g/mol. The van der Waals surface area contributed by atoms with E-state index >= 15 is 0 Å². The summed E-state index contributed by atoms with van der Waals surface area (Å²) >= 11 is 6.06. The van der Waals surface area contributed by atoms with E-state index < -0.39 is 0 Å². The van der Waals surface area contributed by atoms with Crippen molar-refractivity contribution in [3.8, 4) is 0 Å². The lowest BCUT2D eigenvalue weighted by Gasteiger charge is -2.11. The van der Waals surface area contributed by atoms with Crippen LogP contribution in [0.2, 0.25) is 5.02 Å². The molecule has 0 aliphatic carbocycles. The van der Waals surface area contributed by atoms with Crippen molar-refractivity contribution >= 4 is 29.1 Å². The fourth-order valence-electron chi connectivity index (χ4n) is 1.90. The molecule has 0 fully saturated rings. The maximum absolute atomic E-state index is 12.1. The predicted molar refractivity (Wildman–Crippen MR) is 90.4 cm³/mol. The summed E-state index contributed by atoms with van der Waals surface area (Å²) in [6.45, 7) is 8.03. The van der Waals surface area contributed by atoms with Gasteiger partial charge in [0.25, 0.3) is 5.91 Å². The number of halogens is 1. The number of benzene rings is 1. The molecule has 1 aromatic carbocycles. The molecule has 0 unspecified atom stereocenters. The van der Waals surface area contributed by atoms with Crippen LogP contribution < -0.4 is 16.0 Å². The standard InChI is InChI=1S/C16H24ClN3O2/c1-4-18-7-8-19-16(22)13-10-12(5-6-14(13)17)20-15(21)9-11(2)3/h5-6,10-11,18H,4,7-9H2,1-3H3,(H,19,22)(H,20,21). The molecule has 22 heavy (non-hydrogen) atoms. The SMILES string of the molecule is CCNCCNC(=O)c1cc(NC(=O)CC(C)C)ccc1Cl. The zero-order valence-electron chi connectivity index (χ0n) is 13.3. The van der Waals surface area contributed by atoms with E-state index in [1.165, 1.54) is 0 Å². The van der Waals surface area contributed by atoms with Gasteiger partial charge in [0, 0.05) is 25.2 Å². The van der Waals surface area contributed by atoms with Crippen LogP contribution >= 0.6 is 11.6 Å². The summed E-state index contributed by atoms with van der Waals surface area (Å²) in [4.78, 5) is 23.9. The van der Waals surface area contributed by atoms with E-state index in [4.69, 9.17) is 11.6 Å². The van der Waals surface area contributed by atoms with Gasteiger partial charge in [0.15, 0.2) is 0 Å². The number of anilines is 1. The van der Waals surface area contributed by atoms with E-state index in [1.807, 2.05) is 20.8 Å². The van der Waals surface area contributed by atoms with Crippen LogP contribution in [-0.2, 0) is 4.79 Å². The summed E-state index contributed by atoms with van der Waals surface area (Å²) in [5, 5.41) is 9.06. The Morgan fingerprint density at radius 3 is 2.59 bits per heavy atom. The van der Waals surface area contributed by atoms with Gasteiger partial charge in [-0.15, -0.1) is 0 Å². The molecule has 0 saturated heterocycles. The van der Waals surface area contributed by atoms with Gasteiger partial charge in [0.1, 0.15) is 0 Å². The number of hydrogen-bond donors (Lipinski definition) is 3. The first-order chi connectivity index (χ1) is 10.4. The summed E-state index contributed by atoms with van der Waals surface area (Å²) in [7, 11) is 0. The highest BCUT2D eigenvalue weighted by molar-refractivity contribution is 6.34. The second-order valence-electron chi connectivity index (χ2n) is 5.45. The fraction of sp³-hybridized carbons (Fsp3) is 0.500. The Labute approximate surface area is 136 Å². The van der Waals surface area contributed by atoms with Crippen molar-refractivity contribution in [3.05, 3.63) is 28.8 Å². The van der Waals surface area contributed by atoms with Crippen molar-refractivity contribution in [1.82, 2.24) is 10.6 Å². The molecule has 0 bridgehead atoms. The average Bonchev–Trinajstić information content (AvgIpc) is 2.44. The molecule has 0 atom stereocenters. The van der Waals surface area contributed by atoms with Crippen LogP contribution in [0.3, 0.4) is 0 Å². The Morgan fingerprint density at radius 2 is 1.95 bits per heavy atom. The number of hydrogen-bond acceptors (Lipinski definition) is 3. The Balaban J connectivity index is 2.68. The third-order valence-electron chi connectivity index (χ3n) is 2.93. The molecule has 6 heteroatoms. The van der Waals surface area contributed by atoms with Crippen molar-refractivity contribution in [2.75, 3.05) is 25.0 Å². The highest BCUT2D eigenvalue weighted by Crippen LogP contribution is 2.21. The largest absolute Gasteiger partial charge is 0.351 e. The quantitative estimate of drug-likeness (QED) is 0.644. The molecule has 0 aliphatic heterocycles. The van der Waals surface area contributed by atoms with Gasteiger partial charge in [-0.1, -0.05) is 32.4 Å². The van der Waals surface area contributed by atoms with E-state index in [0.29, 0.717) is 35.8 Å². The molecule has 2 amide bonds. The molecule has 3 N–H and O–H groups in total. The molecule has 0 aliphatic rings. The van der Waals surface area contributed by atoms with Gasteiger partial charge in [-0.05, 0) is 30.7 Å². The molecule has 0 radical (unpaired) electrons. The van der Waals surface area contributed by atoms with Gasteiger partial charge in [-0.3, -0.25) is 9.59 Å². The predicted octanol–water partition coefficient (Wildman–Crippen LogP) is 2.66. The molecule has 0 saturated carbocycles. The molecular weight excluding hydrogens is 302 g/mol. The van der Waals surface area contributed by atoms with Crippen LogP contribution in [0, 0.1) is 5.92 Å². The number of nitrogens with one attached hydrogen (secondary N) is 3. The van der Waals surface area contributed by atoms with Crippen molar-refractivity contribution in [1.29, 1.82) is 0 Å². The van der Waals surface area contributed by atoms with Crippen LogP contribution in [0.1, 0.15) is 37.6 Å². The Kier molecular flexibility index (Phi) is 7.91. The topological polar surface area (TPSA) is 70.2 Å². The third-order valence-corrected chi connectivity index (χ3v) is 3.26. The smallest absolute Gasteiger partial charge is 0.252 e. The average molecular weight is 326 g/mol. The minimum atomic E-state index is -0.247. The molecule has 0 aromatic heterocycles. The summed E-state index contributed by atoms with van der Waals surface area (Å²) in [6, 6.07) is 4.91. The van der Waals surface area contributed by atoms with E-state index in [2.05, 4.69) is 16.0 Å². The van der Waals surface area contributed by atoms with E-state index in [9.17, 15) is 9.59 Å². The number of likely N-dealkylation sites (N-methyl/N-ethyl adjacent to an activating group) is 1. The molecular formula is C16H24ClN3O2. The maximum Gasteiger partial charge on any atom is 0.252 e. The molecule has 5 nitrogen and oxygen atoms in total. The summed E-state index contributed by atoms with van der Waals surface area (Å²) in [5.41, 5.74) is 0.937. The molecule has 1 rings (SSSR count).